The Bertz CT molecular complexity index is 569. The molecule has 0 fully saturated rings. The second-order valence-electron chi connectivity index (χ2n) is 3.69. The maximum atomic E-state index is 12.9. The van der Waals surface area contributed by atoms with Crippen molar-refractivity contribution in [1.29, 1.82) is 0 Å². The van der Waals surface area contributed by atoms with Crippen LogP contribution in [0, 0.1) is 5.82 Å². The van der Waals surface area contributed by atoms with Crippen LogP contribution in [-0.4, -0.2) is 29.7 Å². The molecule has 5 nitrogen and oxygen atoms in total. The summed E-state index contributed by atoms with van der Waals surface area (Å²) in [5, 5.41) is 11.4. The smallest absolute Gasteiger partial charge is 0.289 e. The van der Waals surface area contributed by atoms with Gasteiger partial charge >= 0.3 is 0 Å². The number of carbonyl (C=O) groups excluding carboxylic acids is 1. The molecule has 1 heterocycles. The zero-order valence-corrected chi connectivity index (χ0v) is 11.4. The molecule has 7 heteroatoms. The van der Waals surface area contributed by atoms with Gasteiger partial charge in [-0.05, 0) is 31.2 Å². The number of carbonyl (C=O) groups is 1. The van der Waals surface area contributed by atoms with Crippen LogP contribution in [-0.2, 0) is 0 Å². The number of nitrogens with zero attached hydrogens (tertiary/aromatic N) is 3. The highest BCUT2D eigenvalue weighted by molar-refractivity contribution is 7.17. The summed E-state index contributed by atoms with van der Waals surface area (Å²) in [5.74, 6) is -0.575. The lowest BCUT2D eigenvalue weighted by atomic mass is 10.2. The van der Waals surface area contributed by atoms with Gasteiger partial charge in [-0.2, -0.15) is 0 Å². The highest BCUT2D eigenvalue weighted by Crippen LogP contribution is 2.21. The molecule has 1 aromatic heterocycles. The molecule has 0 saturated heterocycles. The molecule has 2 aromatic rings. The molecule has 0 aliphatic heterocycles. The Kier molecular flexibility index (Phi) is 4.06. The largest absolute Gasteiger partial charge is 0.363 e. The number of anilines is 2. The number of benzene rings is 1. The molecule has 2 rings (SSSR count). The van der Waals surface area contributed by atoms with Gasteiger partial charge in [0.2, 0.25) is 10.1 Å². The lowest BCUT2D eigenvalue weighted by Gasteiger charge is -2.19. The van der Waals surface area contributed by atoms with E-state index in [0.29, 0.717) is 22.4 Å². The molecule has 100 valence electrons. The predicted molar refractivity (Wildman–Crippen MR) is 73.2 cm³/mol. The van der Waals surface area contributed by atoms with Crippen LogP contribution >= 0.6 is 11.3 Å². The van der Waals surface area contributed by atoms with Crippen molar-refractivity contribution >= 4 is 28.1 Å². The Balaban J connectivity index is 2.26. The van der Waals surface area contributed by atoms with Gasteiger partial charge in [-0.15, -0.1) is 10.2 Å². The summed E-state index contributed by atoms with van der Waals surface area (Å²) in [7, 11) is 1.71. The molecule has 0 bridgehead atoms. The average Bonchev–Trinajstić information content (AvgIpc) is 2.90. The molecule has 1 N–H and O–H groups in total. The highest BCUT2D eigenvalue weighted by Gasteiger charge is 2.20. The molecule has 19 heavy (non-hydrogen) atoms. The van der Waals surface area contributed by atoms with Gasteiger partial charge in [0.25, 0.3) is 5.91 Å². The minimum Gasteiger partial charge on any atom is -0.363 e. The first-order valence-corrected chi connectivity index (χ1v) is 6.56. The van der Waals surface area contributed by atoms with E-state index in [-0.39, 0.29) is 11.7 Å². The molecular weight excluding hydrogens is 267 g/mol. The third-order valence-electron chi connectivity index (χ3n) is 2.52. The number of amides is 1. The van der Waals surface area contributed by atoms with E-state index in [4.69, 9.17) is 0 Å². The molecule has 1 aromatic carbocycles. The SMILES string of the molecule is CCN(C(=O)c1nnc(NC)s1)c1ccc(F)cc1. The van der Waals surface area contributed by atoms with E-state index in [0.717, 1.165) is 0 Å². The maximum Gasteiger partial charge on any atom is 0.289 e. The Labute approximate surface area is 114 Å². The van der Waals surface area contributed by atoms with E-state index in [1.807, 2.05) is 6.92 Å². The van der Waals surface area contributed by atoms with Crippen molar-refractivity contribution in [3.05, 3.63) is 35.1 Å². The summed E-state index contributed by atoms with van der Waals surface area (Å²) >= 11 is 1.18. The number of halogens is 1. The first-order valence-electron chi connectivity index (χ1n) is 5.74. The first-order chi connectivity index (χ1) is 9.15. The molecule has 0 radical (unpaired) electrons. The Morgan fingerprint density at radius 3 is 2.58 bits per heavy atom. The van der Waals surface area contributed by atoms with Gasteiger partial charge in [0, 0.05) is 19.3 Å². The van der Waals surface area contributed by atoms with E-state index in [1.54, 1.807) is 19.2 Å². The van der Waals surface area contributed by atoms with E-state index in [9.17, 15) is 9.18 Å². The van der Waals surface area contributed by atoms with Crippen molar-refractivity contribution in [1.82, 2.24) is 10.2 Å². The first kappa shape index (κ1) is 13.4. The summed E-state index contributed by atoms with van der Waals surface area (Å²) in [4.78, 5) is 13.8. The third kappa shape index (κ3) is 2.87. The van der Waals surface area contributed by atoms with Gasteiger partial charge < -0.3 is 10.2 Å². The Hall–Kier alpha value is -2.02. The Morgan fingerprint density at radius 2 is 2.05 bits per heavy atom. The Morgan fingerprint density at radius 1 is 1.37 bits per heavy atom. The molecule has 0 aliphatic carbocycles. The highest BCUT2D eigenvalue weighted by atomic mass is 32.1. The fraction of sp³-hybridized carbons (Fsp3) is 0.250. The van der Waals surface area contributed by atoms with E-state index in [1.165, 1.54) is 28.4 Å². The van der Waals surface area contributed by atoms with Gasteiger partial charge in [0.05, 0.1) is 0 Å². The van der Waals surface area contributed by atoms with Crippen LogP contribution < -0.4 is 10.2 Å². The average molecular weight is 280 g/mol. The fourth-order valence-corrected chi connectivity index (χ4v) is 2.24. The molecule has 0 atom stereocenters. The van der Waals surface area contributed by atoms with Crippen LogP contribution in [0.1, 0.15) is 16.7 Å². The zero-order valence-electron chi connectivity index (χ0n) is 10.6. The normalized spacial score (nSPS) is 10.3. The lowest BCUT2D eigenvalue weighted by molar-refractivity contribution is 0.0987. The van der Waals surface area contributed by atoms with Gasteiger partial charge in [-0.25, -0.2) is 4.39 Å². The van der Waals surface area contributed by atoms with Gasteiger partial charge in [-0.1, -0.05) is 11.3 Å². The molecule has 1 amide bonds. The fourth-order valence-electron chi connectivity index (χ4n) is 1.59. The van der Waals surface area contributed by atoms with Crippen molar-refractivity contribution in [2.75, 3.05) is 23.8 Å². The summed E-state index contributed by atoms with van der Waals surface area (Å²) in [6.07, 6.45) is 0. The van der Waals surface area contributed by atoms with Gasteiger partial charge in [0.1, 0.15) is 5.82 Å². The minimum atomic E-state index is -0.333. The van der Waals surface area contributed by atoms with Crippen molar-refractivity contribution in [3.63, 3.8) is 0 Å². The van der Waals surface area contributed by atoms with Crippen molar-refractivity contribution in [3.8, 4) is 0 Å². The summed E-state index contributed by atoms with van der Waals surface area (Å²) < 4.78 is 12.9. The van der Waals surface area contributed by atoms with Crippen LogP contribution in [0.4, 0.5) is 15.2 Å². The monoisotopic (exact) mass is 280 g/mol. The van der Waals surface area contributed by atoms with Crippen molar-refractivity contribution < 1.29 is 9.18 Å². The van der Waals surface area contributed by atoms with E-state index in [2.05, 4.69) is 15.5 Å². The van der Waals surface area contributed by atoms with Gasteiger partial charge in [-0.3, -0.25) is 4.79 Å². The number of nitrogens with one attached hydrogen (secondary N) is 1. The number of aromatic nitrogens is 2. The van der Waals surface area contributed by atoms with Gasteiger partial charge in [0.15, 0.2) is 0 Å². The molecule has 0 spiro atoms. The standard InChI is InChI=1S/C12H13FN4OS/c1-3-17(9-6-4-8(13)5-7-9)11(18)10-15-16-12(14-2)19-10/h4-7H,3H2,1-2H3,(H,14,16). The van der Waals surface area contributed by atoms with Crippen LogP contribution in [0.15, 0.2) is 24.3 Å². The zero-order chi connectivity index (χ0) is 13.8. The summed E-state index contributed by atoms with van der Waals surface area (Å²) in [5.41, 5.74) is 0.634. The van der Waals surface area contributed by atoms with Crippen LogP contribution in [0.5, 0.6) is 0 Å². The summed E-state index contributed by atoms with van der Waals surface area (Å²) in [6.45, 7) is 2.32. The van der Waals surface area contributed by atoms with Crippen molar-refractivity contribution in [2.24, 2.45) is 0 Å². The number of rotatable bonds is 4. The van der Waals surface area contributed by atoms with Crippen LogP contribution in [0.25, 0.3) is 0 Å². The van der Waals surface area contributed by atoms with Crippen LogP contribution in [0.2, 0.25) is 0 Å². The molecule has 0 aliphatic rings. The lowest BCUT2D eigenvalue weighted by Crippen LogP contribution is -2.30. The maximum absolute atomic E-state index is 12.9. The predicted octanol–water partition coefficient (Wildman–Crippen LogP) is 2.39. The summed E-state index contributed by atoms with van der Waals surface area (Å²) in [6, 6.07) is 5.78. The quantitative estimate of drug-likeness (QED) is 0.934. The third-order valence-corrected chi connectivity index (χ3v) is 3.45. The molecular formula is C12H13FN4OS. The second kappa shape index (κ2) is 5.75. The minimum absolute atomic E-state index is 0.242. The van der Waals surface area contributed by atoms with E-state index < -0.39 is 0 Å². The van der Waals surface area contributed by atoms with E-state index >= 15 is 0 Å². The number of hydrogen-bond donors (Lipinski definition) is 1. The second-order valence-corrected chi connectivity index (χ2v) is 4.67. The topological polar surface area (TPSA) is 58.1 Å². The molecule has 0 saturated carbocycles. The molecule has 0 unspecified atom stereocenters. The van der Waals surface area contributed by atoms with Crippen molar-refractivity contribution in [2.45, 2.75) is 6.92 Å². The van der Waals surface area contributed by atoms with Crippen LogP contribution in [0.3, 0.4) is 0 Å². The number of hydrogen-bond acceptors (Lipinski definition) is 5.